The summed E-state index contributed by atoms with van der Waals surface area (Å²) in [5, 5.41) is 12.6. The van der Waals surface area contributed by atoms with Crippen LogP contribution in [0, 0.1) is 11.3 Å². The summed E-state index contributed by atoms with van der Waals surface area (Å²) >= 11 is 0. The van der Waals surface area contributed by atoms with Gasteiger partial charge in [0.2, 0.25) is 0 Å². The van der Waals surface area contributed by atoms with E-state index >= 15 is 0 Å². The molecular weight excluding hydrogens is 266 g/mol. The van der Waals surface area contributed by atoms with Gasteiger partial charge in [-0.3, -0.25) is 9.79 Å². The number of rotatable bonds is 5. The first-order chi connectivity index (χ1) is 9.51. The smallest absolute Gasteiger partial charge is 0.306 e. The summed E-state index contributed by atoms with van der Waals surface area (Å²) in [4.78, 5) is 15.8. The van der Waals surface area contributed by atoms with E-state index in [4.69, 9.17) is 10.00 Å². The Morgan fingerprint density at radius 3 is 2.38 bits per heavy atom. The number of carbonyl (C=O) groups excluding carboxylic acids is 1. The van der Waals surface area contributed by atoms with Gasteiger partial charge < -0.3 is 10.1 Å². The molecule has 0 spiro atoms. The fourth-order valence-corrected chi connectivity index (χ4v) is 3.07. The largest absolute Gasteiger partial charge is 0.462 e. The van der Waals surface area contributed by atoms with E-state index in [0.717, 1.165) is 12.8 Å². The van der Waals surface area contributed by atoms with Crippen LogP contribution in [0.2, 0.25) is 0 Å². The molecular formula is C16H27N3O2. The molecule has 1 aliphatic heterocycles. The molecule has 1 heterocycles. The minimum atomic E-state index is -0.911. The van der Waals surface area contributed by atoms with Gasteiger partial charge in [-0.15, -0.1) is 0 Å². The van der Waals surface area contributed by atoms with Gasteiger partial charge in [0.05, 0.1) is 6.07 Å². The Hall–Kier alpha value is -1.41. The highest BCUT2D eigenvalue weighted by Gasteiger charge is 2.39. The van der Waals surface area contributed by atoms with Crippen LogP contribution < -0.4 is 5.32 Å². The molecule has 1 rings (SSSR count). The summed E-state index contributed by atoms with van der Waals surface area (Å²) < 4.78 is 5.60. The summed E-state index contributed by atoms with van der Waals surface area (Å²) in [6.45, 7) is 13.5. The normalized spacial score (nSPS) is 23.6. The van der Waals surface area contributed by atoms with E-state index in [1.807, 2.05) is 0 Å². The molecule has 5 nitrogen and oxygen atoms in total. The molecule has 1 aliphatic rings. The minimum absolute atomic E-state index is 0.0590. The molecule has 1 atom stereocenters. The van der Waals surface area contributed by atoms with E-state index in [1.165, 1.54) is 0 Å². The lowest BCUT2D eigenvalue weighted by Gasteiger charge is -2.45. The predicted molar refractivity (Wildman–Crippen MR) is 83.2 cm³/mol. The number of hydrogen-bond donors (Lipinski definition) is 1. The van der Waals surface area contributed by atoms with Crippen molar-refractivity contribution in [3.8, 4) is 6.07 Å². The Balaban J connectivity index is 2.55. The Morgan fingerprint density at radius 2 is 1.95 bits per heavy atom. The molecule has 0 aromatic rings. The maximum Gasteiger partial charge on any atom is 0.306 e. The molecule has 118 valence electrons. The zero-order valence-electron chi connectivity index (χ0n) is 13.8. The maximum atomic E-state index is 12.0. The van der Waals surface area contributed by atoms with Crippen molar-refractivity contribution in [2.45, 2.75) is 83.0 Å². The molecule has 0 aromatic carbocycles. The maximum absolute atomic E-state index is 12.0. The van der Waals surface area contributed by atoms with Crippen molar-refractivity contribution in [3.05, 3.63) is 0 Å². The molecule has 21 heavy (non-hydrogen) atoms. The van der Waals surface area contributed by atoms with Crippen LogP contribution in [-0.2, 0) is 9.53 Å². The van der Waals surface area contributed by atoms with Crippen molar-refractivity contribution in [2.75, 3.05) is 0 Å². The zero-order valence-corrected chi connectivity index (χ0v) is 13.8. The van der Waals surface area contributed by atoms with Crippen molar-refractivity contribution in [1.82, 2.24) is 5.32 Å². The van der Waals surface area contributed by atoms with Gasteiger partial charge in [-0.2, -0.15) is 5.26 Å². The third kappa shape index (κ3) is 5.47. The standard InChI is InChI=1S/C16H27N3O2/c1-14(2)9-12(10-15(3,4)19-14)21-13(20)7-8-16(5,11-17)18-6/h12,19H,6-10H2,1-5H3. The fraction of sp³-hybridized carbons (Fsp3) is 0.812. The number of nitriles is 1. The molecule has 0 radical (unpaired) electrons. The molecule has 0 aliphatic carbocycles. The number of ether oxygens (including phenoxy) is 1. The lowest BCUT2D eigenvalue weighted by molar-refractivity contribution is -0.153. The summed E-state index contributed by atoms with van der Waals surface area (Å²) in [5.74, 6) is -0.265. The first-order valence-corrected chi connectivity index (χ1v) is 7.39. The van der Waals surface area contributed by atoms with Crippen LogP contribution in [0.5, 0.6) is 0 Å². The van der Waals surface area contributed by atoms with Gasteiger partial charge in [-0.05, 0) is 47.8 Å². The highest BCUT2D eigenvalue weighted by Crippen LogP contribution is 2.30. The number of esters is 1. The molecule has 1 N–H and O–H groups in total. The molecule has 5 heteroatoms. The van der Waals surface area contributed by atoms with E-state index in [-0.39, 0.29) is 29.6 Å². The minimum Gasteiger partial charge on any atom is -0.462 e. The van der Waals surface area contributed by atoms with Gasteiger partial charge in [-0.25, -0.2) is 0 Å². The second-order valence-electron chi connectivity index (χ2n) is 7.46. The number of aliphatic imine (C=N–C) groups is 1. The number of carbonyl (C=O) groups is 1. The van der Waals surface area contributed by atoms with Crippen LogP contribution in [0.1, 0.15) is 60.3 Å². The first-order valence-electron chi connectivity index (χ1n) is 7.39. The molecule has 0 bridgehead atoms. The van der Waals surface area contributed by atoms with Crippen LogP contribution >= 0.6 is 0 Å². The van der Waals surface area contributed by atoms with Gasteiger partial charge in [-0.1, -0.05) is 0 Å². The van der Waals surface area contributed by atoms with Gasteiger partial charge in [0.25, 0.3) is 0 Å². The lowest BCUT2D eigenvalue weighted by atomic mass is 9.81. The highest BCUT2D eigenvalue weighted by molar-refractivity contribution is 5.69. The van der Waals surface area contributed by atoms with Gasteiger partial charge >= 0.3 is 5.97 Å². The summed E-state index contributed by atoms with van der Waals surface area (Å²) in [6, 6.07) is 2.07. The van der Waals surface area contributed by atoms with Gasteiger partial charge in [0.1, 0.15) is 11.6 Å². The van der Waals surface area contributed by atoms with Crippen molar-refractivity contribution in [1.29, 1.82) is 5.26 Å². The van der Waals surface area contributed by atoms with E-state index in [0.29, 0.717) is 6.42 Å². The van der Waals surface area contributed by atoms with E-state index in [1.54, 1.807) is 6.92 Å². The van der Waals surface area contributed by atoms with Crippen molar-refractivity contribution in [3.63, 3.8) is 0 Å². The number of nitrogens with one attached hydrogen (secondary N) is 1. The average Bonchev–Trinajstić information content (AvgIpc) is 2.32. The lowest BCUT2D eigenvalue weighted by Crippen LogP contribution is -2.59. The first kappa shape index (κ1) is 17.6. The highest BCUT2D eigenvalue weighted by atomic mass is 16.5. The van der Waals surface area contributed by atoms with Gasteiger partial charge in [0, 0.05) is 30.3 Å². The monoisotopic (exact) mass is 293 g/mol. The van der Waals surface area contributed by atoms with Crippen LogP contribution in [-0.4, -0.2) is 35.4 Å². The van der Waals surface area contributed by atoms with Crippen LogP contribution in [0.25, 0.3) is 0 Å². The second-order valence-corrected chi connectivity index (χ2v) is 7.46. The Bertz CT molecular complexity index is 435. The SMILES string of the molecule is C=NC(C)(C#N)CCC(=O)OC1CC(C)(C)NC(C)(C)C1. The Kier molecular flexibility index (Phi) is 5.16. The fourth-order valence-electron chi connectivity index (χ4n) is 3.07. The number of nitrogens with zero attached hydrogens (tertiary/aromatic N) is 2. The Labute approximate surface area is 127 Å². The van der Waals surface area contributed by atoms with Crippen molar-refractivity contribution >= 4 is 12.7 Å². The third-order valence-corrected chi connectivity index (χ3v) is 3.86. The molecule has 0 saturated carbocycles. The quantitative estimate of drug-likeness (QED) is 0.624. The predicted octanol–water partition coefficient (Wildman–Crippen LogP) is 2.60. The van der Waals surface area contributed by atoms with Crippen LogP contribution in [0.4, 0.5) is 0 Å². The number of piperidine rings is 1. The molecule has 1 unspecified atom stereocenters. The molecule has 0 aromatic heterocycles. The summed E-state index contributed by atoms with van der Waals surface area (Å²) in [6.07, 6.45) is 2.01. The summed E-state index contributed by atoms with van der Waals surface area (Å²) in [7, 11) is 0. The third-order valence-electron chi connectivity index (χ3n) is 3.86. The molecule has 1 saturated heterocycles. The molecule has 1 fully saturated rings. The van der Waals surface area contributed by atoms with E-state index in [2.05, 4.69) is 50.8 Å². The van der Waals surface area contributed by atoms with Crippen LogP contribution in [0.15, 0.2) is 4.99 Å². The van der Waals surface area contributed by atoms with Crippen LogP contribution in [0.3, 0.4) is 0 Å². The second kappa shape index (κ2) is 6.15. The molecule has 0 amide bonds. The summed E-state index contributed by atoms with van der Waals surface area (Å²) in [5.41, 5.74) is -1.03. The van der Waals surface area contributed by atoms with Gasteiger partial charge in [0.15, 0.2) is 0 Å². The zero-order chi connectivity index (χ0) is 16.3. The van der Waals surface area contributed by atoms with Crippen molar-refractivity contribution < 1.29 is 9.53 Å². The Morgan fingerprint density at radius 1 is 1.43 bits per heavy atom. The average molecular weight is 293 g/mol. The van der Waals surface area contributed by atoms with E-state index in [9.17, 15) is 4.79 Å². The van der Waals surface area contributed by atoms with E-state index < -0.39 is 5.54 Å². The topological polar surface area (TPSA) is 74.5 Å². The number of hydrogen-bond acceptors (Lipinski definition) is 5. The van der Waals surface area contributed by atoms with Crippen molar-refractivity contribution in [2.24, 2.45) is 4.99 Å².